The van der Waals surface area contributed by atoms with E-state index in [-0.39, 0.29) is 41.9 Å². The van der Waals surface area contributed by atoms with Gasteiger partial charge in [0.2, 0.25) is 0 Å². The summed E-state index contributed by atoms with van der Waals surface area (Å²) >= 11 is 0. The molecule has 1 atom stereocenters. The molecule has 1 saturated carbocycles. The number of hydrogen-bond donors (Lipinski definition) is 0. The Morgan fingerprint density at radius 3 is 2.54 bits per heavy atom. The monoisotopic (exact) mass is 388 g/mol. The van der Waals surface area contributed by atoms with E-state index < -0.39 is 5.97 Å². The topological polar surface area (TPSA) is 49.4 Å². The third-order valence-corrected chi connectivity index (χ3v) is 6.02. The van der Waals surface area contributed by atoms with E-state index in [9.17, 15) is 9.90 Å². The van der Waals surface area contributed by atoms with Crippen LogP contribution in [0.25, 0.3) is 0 Å². The quantitative estimate of drug-likeness (QED) is 0.420. The van der Waals surface area contributed by atoms with Crippen molar-refractivity contribution in [2.24, 2.45) is 5.41 Å². The first-order valence-electron chi connectivity index (χ1n) is 10.1. The Balaban J connectivity index is 0.00000280. The van der Waals surface area contributed by atoms with Crippen molar-refractivity contribution in [2.75, 3.05) is 6.61 Å². The number of carbonyl (C=O) groups excluding carboxylic acids is 1. The van der Waals surface area contributed by atoms with Crippen molar-refractivity contribution < 1.29 is 44.2 Å². The predicted octanol–water partition coefficient (Wildman–Crippen LogP) is 1.38. The minimum absolute atomic E-state index is 0. The maximum atomic E-state index is 10.9. The maximum Gasteiger partial charge on any atom is 1.00 e. The number of carboxylic acids is 1. The average molecular weight is 388 g/mol. The zero-order valence-electron chi connectivity index (χ0n) is 17.3. The number of aliphatic carboxylic acids is 1. The number of allylic oxidation sites excluding steroid dienone is 1. The van der Waals surface area contributed by atoms with Gasteiger partial charge in [0.1, 0.15) is 12.4 Å². The molecule has 2 aliphatic carbocycles. The molecule has 3 rings (SSSR count). The third-order valence-electron chi connectivity index (χ3n) is 6.02. The van der Waals surface area contributed by atoms with E-state index in [2.05, 4.69) is 17.9 Å². The molecule has 0 amide bonds. The minimum atomic E-state index is -1.08. The van der Waals surface area contributed by atoms with Crippen LogP contribution >= 0.6 is 0 Å². The van der Waals surface area contributed by atoms with Crippen LogP contribution in [-0.4, -0.2) is 12.6 Å². The molecule has 3 nitrogen and oxygen atoms in total. The van der Waals surface area contributed by atoms with Gasteiger partial charge < -0.3 is 14.6 Å². The molecule has 144 valence electrons. The summed E-state index contributed by atoms with van der Waals surface area (Å²) in [5.41, 5.74) is 2.85. The Kier molecular flexibility index (Phi) is 9.15. The summed E-state index contributed by atoms with van der Waals surface area (Å²) < 4.78 is 6.02. The standard InChI is InChI=1S/C24H30O3.Na/c1-2-7-21(16-23(25)26)20-9-11-22(12-10-20)27-18-19-8-6-15-24(17-19)13-4-3-5-14-24;/h8-12,21H,3-6,13-18H2,1H3,(H,25,26);/q;+1/p-1/t21-;/m0./s1. The molecular weight excluding hydrogens is 359 g/mol. The summed E-state index contributed by atoms with van der Waals surface area (Å²) in [6.45, 7) is 2.37. The van der Waals surface area contributed by atoms with Crippen molar-refractivity contribution in [1.29, 1.82) is 0 Å². The number of ether oxygens (including phenoxy) is 1. The van der Waals surface area contributed by atoms with Crippen LogP contribution in [0.1, 0.15) is 76.2 Å². The van der Waals surface area contributed by atoms with Crippen LogP contribution in [0.4, 0.5) is 0 Å². The average Bonchev–Trinajstić information content (AvgIpc) is 2.67. The Morgan fingerprint density at radius 1 is 1.18 bits per heavy atom. The fourth-order valence-corrected chi connectivity index (χ4v) is 4.63. The summed E-state index contributed by atoms with van der Waals surface area (Å²) in [7, 11) is 0. The van der Waals surface area contributed by atoms with E-state index in [0.29, 0.717) is 12.0 Å². The maximum absolute atomic E-state index is 10.9. The Hall–Kier alpha value is -1.21. The van der Waals surface area contributed by atoms with Crippen LogP contribution in [0.5, 0.6) is 5.75 Å². The van der Waals surface area contributed by atoms with Crippen molar-refractivity contribution in [2.45, 2.75) is 70.6 Å². The van der Waals surface area contributed by atoms with Gasteiger partial charge in [-0.2, -0.15) is 0 Å². The van der Waals surface area contributed by atoms with Crippen LogP contribution in [0.3, 0.4) is 0 Å². The van der Waals surface area contributed by atoms with Crippen LogP contribution in [0, 0.1) is 17.3 Å². The van der Waals surface area contributed by atoms with E-state index in [1.807, 2.05) is 24.3 Å². The predicted molar refractivity (Wildman–Crippen MR) is 105 cm³/mol. The number of hydrogen-bond acceptors (Lipinski definition) is 3. The van der Waals surface area contributed by atoms with E-state index in [1.165, 1.54) is 56.9 Å². The SMILES string of the molecule is CC#C[C@@H](CC(=O)[O-])c1ccc(OCC2=CCCC3(CCCCC3)C2)cc1.[Na+]. The van der Waals surface area contributed by atoms with E-state index in [1.54, 1.807) is 6.92 Å². The fraction of sp³-hybridized carbons (Fsp3) is 0.542. The largest absolute Gasteiger partial charge is 1.00 e. The smallest absolute Gasteiger partial charge is 0.550 e. The first kappa shape index (κ1) is 23.1. The number of carboxylic acid groups (broad SMARTS) is 1. The third kappa shape index (κ3) is 6.41. The van der Waals surface area contributed by atoms with Crippen LogP contribution < -0.4 is 39.4 Å². The Bertz CT molecular complexity index is 733. The molecular formula is C24H29NaO3. The summed E-state index contributed by atoms with van der Waals surface area (Å²) in [4.78, 5) is 10.9. The second-order valence-electron chi connectivity index (χ2n) is 8.02. The van der Waals surface area contributed by atoms with Crippen LogP contribution in [0.2, 0.25) is 0 Å². The van der Waals surface area contributed by atoms with Gasteiger partial charge in [0.15, 0.2) is 0 Å². The second kappa shape index (κ2) is 11.1. The molecule has 0 saturated heterocycles. The minimum Gasteiger partial charge on any atom is -0.550 e. The zero-order chi connectivity index (χ0) is 19.1. The molecule has 0 aliphatic heterocycles. The van der Waals surface area contributed by atoms with Crippen LogP contribution in [0.15, 0.2) is 35.9 Å². The first-order chi connectivity index (χ1) is 13.1. The van der Waals surface area contributed by atoms with E-state index in [0.717, 1.165) is 11.3 Å². The van der Waals surface area contributed by atoms with Gasteiger partial charge in [-0.15, -0.1) is 5.92 Å². The Labute approximate surface area is 191 Å². The molecule has 0 aromatic heterocycles. The molecule has 0 radical (unpaired) electrons. The summed E-state index contributed by atoms with van der Waals surface area (Å²) in [6.07, 6.45) is 12.9. The zero-order valence-corrected chi connectivity index (χ0v) is 19.3. The molecule has 4 heteroatoms. The number of rotatable bonds is 6. The van der Waals surface area contributed by atoms with Crippen molar-refractivity contribution in [3.8, 4) is 17.6 Å². The Morgan fingerprint density at radius 2 is 1.89 bits per heavy atom. The van der Waals surface area contributed by atoms with Crippen molar-refractivity contribution >= 4 is 5.97 Å². The van der Waals surface area contributed by atoms with Gasteiger partial charge in [0, 0.05) is 12.4 Å². The summed E-state index contributed by atoms with van der Waals surface area (Å²) in [5.74, 6) is 5.16. The molecule has 2 aliphatic rings. The molecule has 28 heavy (non-hydrogen) atoms. The van der Waals surface area contributed by atoms with Gasteiger partial charge in [0.05, 0.1) is 5.92 Å². The molecule has 0 bridgehead atoms. The molecule has 0 N–H and O–H groups in total. The van der Waals surface area contributed by atoms with Gasteiger partial charge in [-0.1, -0.05) is 43.4 Å². The van der Waals surface area contributed by atoms with Crippen molar-refractivity contribution in [1.82, 2.24) is 0 Å². The van der Waals surface area contributed by atoms with Crippen LogP contribution in [-0.2, 0) is 4.79 Å². The normalized spacial score (nSPS) is 18.8. The molecule has 1 aromatic carbocycles. The molecule has 1 aromatic rings. The molecule has 1 fully saturated rings. The number of carbonyl (C=O) groups is 1. The molecule has 1 spiro atoms. The van der Waals surface area contributed by atoms with Gasteiger partial charge >= 0.3 is 29.6 Å². The van der Waals surface area contributed by atoms with Gasteiger partial charge in [-0.05, 0) is 67.7 Å². The summed E-state index contributed by atoms with van der Waals surface area (Å²) in [5, 5.41) is 10.9. The molecule has 0 heterocycles. The fourth-order valence-electron chi connectivity index (χ4n) is 4.63. The van der Waals surface area contributed by atoms with Gasteiger partial charge in [-0.3, -0.25) is 0 Å². The molecule has 0 unspecified atom stereocenters. The van der Waals surface area contributed by atoms with Crippen molar-refractivity contribution in [3.05, 3.63) is 41.5 Å². The van der Waals surface area contributed by atoms with Gasteiger partial charge in [0.25, 0.3) is 0 Å². The van der Waals surface area contributed by atoms with E-state index in [4.69, 9.17) is 4.74 Å². The van der Waals surface area contributed by atoms with Crippen molar-refractivity contribution in [3.63, 3.8) is 0 Å². The summed E-state index contributed by atoms with van der Waals surface area (Å²) in [6, 6.07) is 7.64. The number of benzene rings is 1. The first-order valence-corrected chi connectivity index (χ1v) is 10.1. The van der Waals surface area contributed by atoms with Gasteiger partial charge in [-0.25, -0.2) is 0 Å². The second-order valence-corrected chi connectivity index (χ2v) is 8.02. The van der Waals surface area contributed by atoms with E-state index >= 15 is 0 Å².